The number of ketones is 1. The average Bonchev–Trinajstić information content (AvgIpc) is 2.59. The van der Waals surface area contributed by atoms with Crippen LogP contribution in [-0.4, -0.2) is 23.5 Å². The molecular formula is C19H16O6. The van der Waals surface area contributed by atoms with Crippen LogP contribution in [0.3, 0.4) is 0 Å². The van der Waals surface area contributed by atoms with Crippen LogP contribution in [0.5, 0.6) is 5.75 Å². The Hall–Kier alpha value is -3.15. The number of ether oxygens (including phenoxy) is 1. The average molecular weight is 340 g/mol. The van der Waals surface area contributed by atoms with Gasteiger partial charge in [-0.25, -0.2) is 4.79 Å². The van der Waals surface area contributed by atoms with Gasteiger partial charge in [-0.2, -0.15) is 0 Å². The van der Waals surface area contributed by atoms with Crippen LogP contribution in [0.2, 0.25) is 0 Å². The molecule has 0 aliphatic heterocycles. The molecule has 6 heteroatoms. The first kappa shape index (κ1) is 16.7. The van der Waals surface area contributed by atoms with Gasteiger partial charge in [-0.05, 0) is 43.7 Å². The topological polar surface area (TPSA) is 93.8 Å². The highest BCUT2D eigenvalue weighted by Gasteiger charge is 2.17. The summed E-state index contributed by atoms with van der Waals surface area (Å²) < 4.78 is 11.4. The molecule has 128 valence electrons. The Morgan fingerprint density at radius 1 is 1.12 bits per heavy atom. The molecule has 1 aromatic heterocycles. The van der Waals surface area contributed by atoms with Crippen molar-refractivity contribution < 1.29 is 23.8 Å². The predicted molar refractivity (Wildman–Crippen MR) is 92.7 cm³/mol. The van der Waals surface area contributed by atoms with Crippen LogP contribution in [0.15, 0.2) is 39.5 Å². The molecule has 0 radical (unpaired) electrons. The summed E-state index contributed by atoms with van der Waals surface area (Å²) in [5, 5.41) is 9.45. The number of fused-ring (bicyclic) bond motifs is 2. The number of hydrogen-bond donors (Lipinski definition) is 1. The fourth-order valence-corrected chi connectivity index (χ4v) is 2.58. The number of aromatic carboxylic acids is 1. The lowest BCUT2D eigenvalue weighted by atomic mass is 10.0. The molecule has 0 unspecified atom stereocenters. The summed E-state index contributed by atoms with van der Waals surface area (Å²) in [4.78, 5) is 35.7. The van der Waals surface area contributed by atoms with Crippen LogP contribution < -0.4 is 10.2 Å². The maximum Gasteiger partial charge on any atom is 0.335 e. The molecule has 0 amide bonds. The third-order valence-corrected chi connectivity index (χ3v) is 3.85. The lowest BCUT2D eigenvalue weighted by molar-refractivity contribution is 0.0697. The van der Waals surface area contributed by atoms with Crippen LogP contribution in [0.25, 0.3) is 21.9 Å². The molecule has 0 bridgehead atoms. The summed E-state index contributed by atoms with van der Waals surface area (Å²) in [5.41, 5.74) is 0.436. The largest absolute Gasteiger partial charge is 0.490 e. The van der Waals surface area contributed by atoms with E-state index in [1.54, 1.807) is 6.07 Å². The second-order valence-corrected chi connectivity index (χ2v) is 5.70. The molecule has 3 rings (SSSR count). The molecule has 0 spiro atoms. The van der Waals surface area contributed by atoms with Gasteiger partial charge < -0.3 is 14.3 Å². The van der Waals surface area contributed by atoms with Crippen LogP contribution in [0.4, 0.5) is 0 Å². The van der Waals surface area contributed by atoms with Gasteiger partial charge in [0.2, 0.25) is 5.43 Å². The van der Waals surface area contributed by atoms with E-state index in [0.717, 1.165) is 6.42 Å². The van der Waals surface area contributed by atoms with E-state index in [-0.39, 0.29) is 33.3 Å². The lowest BCUT2D eigenvalue weighted by Gasteiger charge is -2.10. The molecule has 0 saturated carbocycles. The minimum absolute atomic E-state index is 0.00988. The molecule has 2 aromatic carbocycles. The molecular weight excluding hydrogens is 324 g/mol. The van der Waals surface area contributed by atoms with Gasteiger partial charge in [0, 0.05) is 5.56 Å². The summed E-state index contributed by atoms with van der Waals surface area (Å²) in [6.07, 6.45) is 0.756. The molecule has 0 atom stereocenters. The highest BCUT2D eigenvalue weighted by molar-refractivity contribution is 6.02. The zero-order valence-electron chi connectivity index (χ0n) is 13.8. The molecule has 6 nitrogen and oxygen atoms in total. The van der Waals surface area contributed by atoms with Crippen molar-refractivity contribution in [1.29, 1.82) is 0 Å². The predicted octanol–water partition coefficient (Wildman–Crippen LogP) is 3.64. The molecule has 0 fully saturated rings. The van der Waals surface area contributed by atoms with Crippen molar-refractivity contribution in [2.24, 2.45) is 0 Å². The number of carboxylic acids is 1. The lowest BCUT2D eigenvalue weighted by Crippen LogP contribution is -2.07. The Balaban J connectivity index is 2.39. The van der Waals surface area contributed by atoms with Gasteiger partial charge in [-0.3, -0.25) is 9.59 Å². The highest BCUT2D eigenvalue weighted by Crippen LogP contribution is 2.29. The minimum atomic E-state index is -1.13. The molecule has 1 N–H and O–H groups in total. The van der Waals surface area contributed by atoms with Crippen molar-refractivity contribution >= 4 is 33.7 Å². The summed E-state index contributed by atoms with van der Waals surface area (Å²) in [5.74, 6) is -1.02. The van der Waals surface area contributed by atoms with Crippen molar-refractivity contribution in [2.75, 3.05) is 6.61 Å². The van der Waals surface area contributed by atoms with E-state index in [9.17, 15) is 14.4 Å². The van der Waals surface area contributed by atoms with Crippen molar-refractivity contribution in [2.45, 2.75) is 20.3 Å². The number of carbonyl (C=O) groups excluding carboxylic acids is 1. The molecule has 1 heterocycles. The minimum Gasteiger partial charge on any atom is -0.490 e. The first-order valence-electron chi connectivity index (χ1n) is 7.84. The van der Waals surface area contributed by atoms with Gasteiger partial charge in [-0.1, -0.05) is 6.92 Å². The van der Waals surface area contributed by atoms with Gasteiger partial charge in [0.05, 0.1) is 22.9 Å². The van der Waals surface area contributed by atoms with Gasteiger partial charge in [0.25, 0.3) is 0 Å². The van der Waals surface area contributed by atoms with Gasteiger partial charge in [0.15, 0.2) is 17.1 Å². The molecule has 25 heavy (non-hydrogen) atoms. The Kier molecular flexibility index (Phi) is 4.27. The summed E-state index contributed by atoms with van der Waals surface area (Å²) in [7, 11) is 0. The Morgan fingerprint density at radius 3 is 2.48 bits per heavy atom. The fraction of sp³-hybridized carbons (Fsp3) is 0.211. The second-order valence-electron chi connectivity index (χ2n) is 5.70. The van der Waals surface area contributed by atoms with Gasteiger partial charge in [0.1, 0.15) is 5.58 Å². The SMILES string of the molecule is CCCOc1cc(C(C)=O)cc2c(=O)c3cc(C(=O)O)ccc3oc12. The standard InChI is InChI=1S/C19H16O6/c1-3-6-24-16-9-12(10(2)20)8-14-17(21)13-7-11(19(22)23)4-5-15(13)25-18(14)16/h4-5,7-9H,3,6H2,1-2H3,(H,22,23). The summed E-state index contributed by atoms with van der Waals surface area (Å²) >= 11 is 0. The molecule has 0 aliphatic rings. The van der Waals surface area contributed by atoms with E-state index in [0.29, 0.717) is 17.9 Å². The number of carbonyl (C=O) groups is 2. The zero-order valence-corrected chi connectivity index (χ0v) is 13.8. The van der Waals surface area contributed by atoms with Crippen molar-refractivity contribution in [3.8, 4) is 5.75 Å². The second kappa shape index (κ2) is 6.39. The normalized spacial score (nSPS) is 11.0. The van der Waals surface area contributed by atoms with Gasteiger partial charge in [-0.15, -0.1) is 0 Å². The van der Waals surface area contributed by atoms with E-state index >= 15 is 0 Å². The Morgan fingerprint density at radius 2 is 1.84 bits per heavy atom. The molecule has 3 aromatic rings. The third-order valence-electron chi connectivity index (χ3n) is 3.85. The van der Waals surface area contributed by atoms with E-state index in [2.05, 4.69) is 0 Å². The molecule has 0 saturated heterocycles. The van der Waals surface area contributed by atoms with Crippen LogP contribution in [0, 0.1) is 0 Å². The number of benzene rings is 2. The third kappa shape index (κ3) is 2.98. The van der Waals surface area contributed by atoms with E-state index < -0.39 is 11.4 Å². The summed E-state index contributed by atoms with van der Waals surface area (Å²) in [6, 6.07) is 7.10. The number of Topliss-reactive ketones (excluding diaryl/α,β-unsaturated/α-hetero) is 1. The van der Waals surface area contributed by atoms with Crippen molar-refractivity contribution in [3.05, 3.63) is 51.7 Å². The Bertz CT molecular complexity index is 1060. The Labute approximate surface area is 142 Å². The number of carboxylic acid groups (broad SMARTS) is 1. The smallest absolute Gasteiger partial charge is 0.335 e. The number of rotatable bonds is 5. The van der Waals surface area contributed by atoms with Gasteiger partial charge >= 0.3 is 5.97 Å². The quantitative estimate of drug-likeness (QED) is 0.563. The molecule has 0 aliphatic carbocycles. The fourth-order valence-electron chi connectivity index (χ4n) is 2.58. The van der Waals surface area contributed by atoms with Crippen LogP contribution in [-0.2, 0) is 0 Å². The van der Waals surface area contributed by atoms with Crippen molar-refractivity contribution in [1.82, 2.24) is 0 Å². The maximum atomic E-state index is 12.8. The van der Waals surface area contributed by atoms with E-state index in [1.165, 1.54) is 31.2 Å². The van der Waals surface area contributed by atoms with E-state index in [1.807, 2.05) is 6.92 Å². The summed E-state index contributed by atoms with van der Waals surface area (Å²) in [6.45, 7) is 3.75. The van der Waals surface area contributed by atoms with Crippen LogP contribution in [0.1, 0.15) is 41.0 Å². The number of hydrogen-bond acceptors (Lipinski definition) is 5. The first-order chi connectivity index (χ1) is 11.9. The van der Waals surface area contributed by atoms with E-state index in [4.69, 9.17) is 14.3 Å². The van der Waals surface area contributed by atoms with Crippen LogP contribution >= 0.6 is 0 Å². The first-order valence-corrected chi connectivity index (χ1v) is 7.84. The monoisotopic (exact) mass is 340 g/mol. The van der Waals surface area contributed by atoms with Crippen molar-refractivity contribution in [3.63, 3.8) is 0 Å². The highest BCUT2D eigenvalue weighted by atomic mass is 16.5. The maximum absolute atomic E-state index is 12.8. The zero-order chi connectivity index (χ0) is 18.1.